The molecule has 8 heteroatoms. The average Bonchev–Trinajstić information content (AvgIpc) is 3.34. The van der Waals surface area contributed by atoms with Gasteiger partial charge in [-0.3, -0.25) is 14.6 Å². The second-order valence-corrected chi connectivity index (χ2v) is 9.77. The SMILES string of the molecule is CNC(=O)N1CCC(N2CCN([C@@H]3CC[C@@H](c4cc5cccc(F)c5c(=O)[nH]4)C3)CC2)CC1. The molecule has 2 saturated heterocycles. The van der Waals surface area contributed by atoms with E-state index >= 15 is 0 Å². The number of nitrogens with zero attached hydrogens (tertiary/aromatic N) is 3. The first kappa shape index (κ1) is 22.3. The molecular formula is C25H34FN5O2. The second kappa shape index (κ2) is 9.43. The van der Waals surface area contributed by atoms with E-state index in [-0.39, 0.29) is 17.0 Å². The Balaban J connectivity index is 1.15. The molecule has 1 aliphatic carbocycles. The highest BCUT2D eigenvalue weighted by Crippen LogP contribution is 2.37. The number of pyridine rings is 1. The zero-order chi connectivity index (χ0) is 22.9. The number of hydrogen-bond donors (Lipinski definition) is 2. The first-order chi connectivity index (χ1) is 16.0. The molecule has 1 aromatic carbocycles. The molecule has 2 amide bonds. The average molecular weight is 456 g/mol. The van der Waals surface area contributed by atoms with Crippen molar-refractivity contribution in [3.05, 3.63) is 46.1 Å². The van der Waals surface area contributed by atoms with Crippen molar-refractivity contribution in [1.29, 1.82) is 0 Å². The smallest absolute Gasteiger partial charge is 0.317 e. The molecule has 2 aliphatic heterocycles. The molecule has 3 fully saturated rings. The quantitative estimate of drug-likeness (QED) is 0.747. The highest BCUT2D eigenvalue weighted by molar-refractivity contribution is 5.82. The molecule has 3 heterocycles. The van der Waals surface area contributed by atoms with Gasteiger partial charge in [0.1, 0.15) is 5.82 Å². The van der Waals surface area contributed by atoms with Crippen LogP contribution in [0.2, 0.25) is 0 Å². The van der Waals surface area contributed by atoms with Crippen LogP contribution < -0.4 is 10.9 Å². The van der Waals surface area contributed by atoms with E-state index in [1.165, 1.54) is 6.07 Å². The number of aromatic amines is 1. The summed E-state index contributed by atoms with van der Waals surface area (Å²) in [5.41, 5.74) is 0.627. The zero-order valence-corrected chi connectivity index (χ0v) is 19.4. The highest BCUT2D eigenvalue weighted by Gasteiger charge is 2.34. The number of halogens is 1. The third-order valence-electron chi connectivity index (χ3n) is 8.03. The fourth-order valence-corrected chi connectivity index (χ4v) is 6.15. The number of urea groups is 1. The number of piperidine rings is 1. The molecule has 3 aliphatic rings. The number of likely N-dealkylation sites (tertiary alicyclic amines) is 1. The summed E-state index contributed by atoms with van der Waals surface area (Å²) in [7, 11) is 1.69. The number of carbonyl (C=O) groups is 1. The minimum atomic E-state index is -0.457. The predicted octanol–water partition coefficient (Wildman–Crippen LogP) is 2.72. The molecule has 0 unspecified atom stereocenters. The molecule has 1 saturated carbocycles. The van der Waals surface area contributed by atoms with E-state index in [1.54, 1.807) is 13.1 Å². The Bertz CT molecular complexity index is 1060. The van der Waals surface area contributed by atoms with Gasteiger partial charge in [-0.1, -0.05) is 12.1 Å². The minimum Gasteiger partial charge on any atom is -0.341 e. The number of nitrogens with one attached hydrogen (secondary N) is 2. The fraction of sp³-hybridized carbons (Fsp3) is 0.600. The minimum absolute atomic E-state index is 0.0342. The number of benzene rings is 1. The lowest BCUT2D eigenvalue weighted by molar-refractivity contribution is 0.0483. The molecule has 2 N–H and O–H groups in total. The van der Waals surface area contributed by atoms with Crippen molar-refractivity contribution in [1.82, 2.24) is 25.0 Å². The maximum absolute atomic E-state index is 14.0. The normalized spacial score (nSPS) is 25.6. The molecule has 0 bridgehead atoms. The fourth-order valence-electron chi connectivity index (χ4n) is 6.15. The lowest BCUT2D eigenvalue weighted by Crippen LogP contribution is -2.55. The maximum atomic E-state index is 14.0. The van der Waals surface area contributed by atoms with Gasteiger partial charge in [0.25, 0.3) is 5.56 Å². The van der Waals surface area contributed by atoms with Crippen LogP contribution in [0.5, 0.6) is 0 Å². The second-order valence-electron chi connectivity index (χ2n) is 9.77. The van der Waals surface area contributed by atoms with Crippen molar-refractivity contribution in [2.75, 3.05) is 46.3 Å². The lowest BCUT2D eigenvalue weighted by atomic mass is 10.00. The summed E-state index contributed by atoms with van der Waals surface area (Å²) in [6.07, 6.45) is 5.34. The Hall–Kier alpha value is -2.45. The summed E-state index contributed by atoms with van der Waals surface area (Å²) in [6.45, 7) is 5.99. The van der Waals surface area contributed by atoms with Crippen molar-refractivity contribution in [2.45, 2.75) is 50.1 Å². The number of carbonyl (C=O) groups excluding carboxylic acids is 1. The Morgan fingerprint density at radius 3 is 2.39 bits per heavy atom. The third kappa shape index (κ3) is 4.51. The van der Waals surface area contributed by atoms with E-state index in [9.17, 15) is 14.0 Å². The zero-order valence-electron chi connectivity index (χ0n) is 19.4. The number of rotatable bonds is 3. The van der Waals surface area contributed by atoms with E-state index in [2.05, 4.69) is 20.1 Å². The summed E-state index contributed by atoms with van der Waals surface area (Å²) in [6, 6.07) is 7.95. The van der Waals surface area contributed by atoms with Crippen LogP contribution in [-0.2, 0) is 0 Å². The van der Waals surface area contributed by atoms with E-state index < -0.39 is 5.82 Å². The molecule has 0 spiro atoms. The third-order valence-corrected chi connectivity index (χ3v) is 8.03. The molecule has 1 aromatic heterocycles. The summed E-state index contributed by atoms with van der Waals surface area (Å²) in [5, 5.41) is 3.57. The Labute approximate surface area is 193 Å². The van der Waals surface area contributed by atoms with Gasteiger partial charge >= 0.3 is 6.03 Å². The summed E-state index contributed by atoms with van der Waals surface area (Å²) in [5.74, 6) is -0.135. The van der Waals surface area contributed by atoms with Crippen molar-refractivity contribution in [3.63, 3.8) is 0 Å². The van der Waals surface area contributed by atoms with E-state index in [1.807, 2.05) is 17.0 Å². The number of amides is 2. The van der Waals surface area contributed by atoms with Gasteiger partial charge in [-0.25, -0.2) is 9.18 Å². The van der Waals surface area contributed by atoms with Crippen LogP contribution in [0, 0.1) is 5.82 Å². The van der Waals surface area contributed by atoms with E-state index in [0.717, 1.165) is 77.1 Å². The number of fused-ring (bicyclic) bond motifs is 1. The van der Waals surface area contributed by atoms with Crippen LogP contribution in [0.4, 0.5) is 9.18 Å². The van der Waals surface area contributed by atoms with E-state index in [0.29, 0.717) is 23.4 Å². The van der Waals surface area contributed by atoms with Crippen LogP contribution in [-0.4, -0.2) is 84.1 Å². The summed E-state index contributed by atoms with van der Waals surface area (Å²) in [4.78, 5) is 34.4. The Morgan fingerprint density at radius 1 is 1.00 bits per heavy atom. The molecule has 7 nitrogen and oxygen atoms in total. The van der Waals surface area contributed by atoms with Gasteiger partial charge in [0.05, 0.1) is 5.39 Å². The van der Waals surface area contributed by atoms with Gasteiger partial charge < -0.3 is 15.2 Å². The predicted molar refractivity (Wildman–Crippen MR) is 127 cm³/mol. The topological polar surface area (TPSA) is 71.7 Å². The molecule has 33 heavy (non-hydrogen) atoms. The molecule has 2 aromatic rings. The van der Waals surface area contributed by atoms with Crippen LogP contribution in [0.1, 0.15) is 43.7 Å². The summed E-state index contributed by atoms with van der Waals surface area (Å²) >= 11 is 0. The lowest BCUT2D eigenvalue weighted by Gasteiger charge is -2.44. The van der Waals surface area contributed by atoms with Crippen molar-refractivity contribution < 1.29 is 9.18 Å². The monoisotopic (exact) mass is 455 g/mol. The number of hydrogen-bond acceptors (Lipinski definition) is 4. The van der Waals surface area contributed by atoms with Gasteiger partial charge in [-0.05, 0) is 49.6 Å². The molecule has 0 radical (unpaired) electrons. The largest absolute Gasteiger partial charge is 0.341 e. The number of H-pyrrole nitrogens is 1. The Morgan fingerprint density at radius 2 is 1.70 bits per heavy atom. The summed E-state index contributed by atoms with van der Waals surface area (Å²) < 4.78 is 14.0. The van der Waals surface area contributed by atoms with Gasteiger partial charge in [0.15, 0.2) is 0 Å². The molecule has 5 rings (SSSR count). The highest BCUT2D eigenvalue weighted by atomic mass is 19.1. The maximum Gasteiger partial charge on any atom is 0.317 e. The van der Waals surface area contributed by atoms with Gasteiger partial charge in [-0.15, -0.1) is 0 Å². The van der Waals surface area contributed by atoms with Gasteiger partial charge in [0, 0.05) is 70.0 Å². The number of piperazine rings is 1. The van der Waals surface area contributed by atoms with Crippen LogP contribution in [0.25, 0.3) is 10.8 Å². The van der Waals surface area contributed by atoms with Crippen LogP contribution >= 0.6 is 0 Å². The number of aromatic nitrogens is 1. The first-order valence-electron chi connectivity index (χ1n) is 12.3. The van der Waals surface area contributed by atoms with Crippen molar-refractivity contribution in [3.8, 4) is 0 Å². The molecule has 178 valence electrons. The van der Waals surface area contributed by atoms with Crippen LogP contribution in [0.15, 0.2) is 29.1 Å². The first-order valence-corrected chi connectivity index (χ1v) is 12.3. The molecular weight excluding hydrogens is 421 g/mol. The standard InChI is InChI=1S/C25H34FN5O2/c1-27-25(33)31-9-7-19(8-10-31)29-11-13-30(14-12-29)20-6-5-17(15-20)22-16-18-3-2-4-21(26)23(18)24(32)28-22/h2-4,16-17,19-20H,5-15H2,1H3,(H,27,33)(H,28,32)/t17-,20-/m1/s1. The van der Waals surface area contributed by atoms with Crippen molar-refractivity contribution in [2.24, 2.45) is 0 Å². The van der Waals surface area contributed by atoms with Gasteiger partial charge in [-0.2, -0.15) is 0 Å². The van der Waals surface area contributed by atoms with Gasteiger partial charge in [0.2, 0.25) is 0 Å². The van der Waals surface area contributed by atoms with Crippen LogP contribution in [0.3, 0.4) is 0 Å². The van der Waals surface area contributed by atoms with E-state index in [4.69, 9.17) is 0 Å². The Kier molecular flexibility index (Phi) is 6.38. The molecule has 2 atom stereocenters. The van der Waals surface area contributed by atoms with Crippen molar-refractivity contribution >= 4 is 16.8 Å².